The maximum Gasteiger partial charge on any atom is 0.227 e. The fourth-order valence-electron chi connectivity index (χ4n) is 1.69. The third-order valence-electron chi connectivity index (χ3n) is 2.48. The molecule has 86 valence electrons. The van der Waals surface area contributed by atoms with E-state index in [0.717, 1.165) is 18.8 Å². The minimum absolute atomic E-state index is 0.0000926. The predicted molar refractivity (Wildman–Crippen MR) is 62.3 cm³/mol. The Balaban J connectivity index is 1.80. The Kier molecular flexibility index (Phi) is 3.91. The number of ether oxygens (including phenoxy) is 1. The number of anilines is 1. The van der Waals surface area contributed by atoms with E-state index < -0.39 is 0 Å². The number of hydrogen-bond donors (Lipinski definition) is 2. The second-order valence-corrected chi connectivity index (χ2v) is 3.82. The molecular weight excluding hydrogens is 204 g/mol. The minimum Gasteiger partial charge on any atom is -0.375 e. The van der Waals surface area contributed by atoms with E-state index in [1.807, 2.05) is 30.3 Å². The van der Waals surface area contributed by atoms with Crippen molar-refractivity contribution in [3.05, 3.63) is 30.3 Å². The first-order chi connectivity index (χ1) is 7.84. The normalized spacial score (nSPS) is 20.4. The van der Waals surface area contributed by atoms with Crippen molar-refractivity contribution in [2.45, 2.75) is 12.5 Å². The average molecular weight is 220 g/mol. The van der Waals surface area contributed by atoms with Crippen LogP contribution < -0.4 is 10.6 Å². The fourth-order valence-corrected chi connectivity index (χ4v) is 1.69. The lowest BCUT2D eigenvalue weighted by atomic mass is 10.2. The zero-order chi connectivity index (χ0) is 11.2. The lowest BCUT2D eigenvalue weighted by molar-refractivity contribution is -0.119. The number of amides is 1. The van der Waals surface area contributed by atoms with Gasteiger partial charge >= 0.3 is 0 Å². The molecule has 0 aromatic heterocycles. The van der Waals surface area contributed by atoms with Crippen LogP contribution in [0.4, 0.5) is 5.69 Å². The SMILES string of the molecule is O=C(CC1CNCCO1)Nc1ccccc1. The number of rotatable bonds is 3. The van der Waals surface area contributed by atoms with Crippen LogP contribution in [0.5, 0.6) is 0 Å². The standard InChI is InChI=1S/C12H16N2O2/c15-12(8-11-9-13-6-7-16-11)14-10-4-2-1-3-5-10/h1-5,11,13H,6-9H2,(H,14,15). The van der Waals surface area contributed by atoms with Crippen LogP contribution in [0.15, 0.2) is 30.3 Å². The summed E-state index contributed by atoms with van der Waals surface area (Å²) < 4.78 is 5.46. The van der Waals surface area contributed by atoms with Gasteiger partial charge in [-0.25, -0.2) is 0 Å². The molecular formula is C12H16N2O2. The van der Waals surface area contributed by atoms with E-state index >= 15 is 0 Å². The van der Waals surface area contributed by atoms with Gasteiger partial charge in [-0.15, -0.1) is 0 Å². The monoisotopic (exact) mass is 220 g/mol. The first-order valence-electron chi connectivity index (χ1n) is 5.52. The number of morpholine rings is 1. The maximum atomic E-state index is 11.7. The molecule has 1 aliphatic rings. The Morgan fingerprint density at radius 2 is 2.25 bits per heavy atom. The summed E-state index contributed by atoms with van der Waals surface area (Å²) >= 11 is 0. The third kappa shape index (κ3) is 3.32. The van der Waals surface area contributed by atoms with Crippen LogP contribution in [0.25, 0.3) is 0 Å². The van der Waals surface area contributed by atoms with Crippen LogP contribution in [0.2, 0.25) is 0 Å². The van der Waals surface area contributed by atoms with E-state index in [1.54, 1.807) is 0 Å². The highest BCUT2D eigenvalue weighted by molar-refractivity contribution is 5.90. The van der Waals surface area contributed by atoms with Gasteiger partial charge in [-0.3, -0.25) is 4.79 Å². The van der Waals surface area contributed by atoms with Crippen LogP contribution >= 0.6 is 0 Å². The third-order valence-corrected chi connectivity index (χ3v) is 2.48. The number of hydrogen-bond acceptors (Lipinski definition) is 3. The second-order valence-electron chi connectivity index (χ2n) is 3.82. The highest BCUT2D eigenvalue weighted by Crippen LogP contribution is 2.08. The number of para-hydroxylation sites is 1. The zero-order valence-electron chi connectivity index (χ0n) is 9.11. The molecule has 1 saturated heterocycles. The van der Waals surface area contributed by atoms with Gasteiger partial charge in [-0.05, 0) is 12.1 Å². The molecule has 1 atom stereocenters. The molecule has 1 unspecified atom stereocenters. The van der Waals surface area contributed by atoms with Crippen molar-refractivity contribution in [1.29, 1.82) is 0 Å². The molecule has 1 aliphatic heterocycles. The van der Waals surface area contributed by atoms with Gasteiger partial charge in [0.15, 0.2) is 0 Å². The van der Waals surface area contributed by atoms with Crippen molar-refractivity contribution in [2.24, 2.45) is 0 Å². The van der Waals surface area contributed by atoms with Crippen molar-refractivity contribution in [3.63, 3.8) is 0 Å². The van der Waals surface area contributed by atoms with E-state index in [4.69, 9.17) is 4.74 Å². The summed E-state index contributed by atoms with van der Waals surface area (Å²) in [6.45, 7) is 2.31. The lowest BCUT2D eigenvalue weighted by Gasteiger charge is -2.23. The van der Waals surface area contributed by atoms with Gasteiger partial charge in [0.05, 0.1) is 19.1 Å². The molecule has 0 aliphatic carbocycles. The second kappa shape index (κ2) is 5.63. The van der Waals surface area contributed by atoms with E-state index in [2.05, 4.69) is 10.6 Å². The topological polar surface area (TPSA) is 50.4 Å². The smallest absolute Gasteiger partial charge is 0.227 e. The Labute approximate surface area is 95.0 Å². The van der Waals surface area contributed by atoms with Gasteiger partial charge in [-0.2, -0.15) is 0 Å². The van der Waals surface area contributed by atoms with Crippen molar-refractivity contribution < 1.29 is 9.53 Å². The molecule has 2 N–H and O–H groups in total. The largest absolute Gasteiger partial charge is 0.375 e. The van der Waals surface area contributed by atoms with Crippen LogP contribution in [0.3, 0.4) is 0 Å². The molecule has 4 nitrogen and oxygen atoms in total. The zero-order valence-corrected chi connectivity index (χ0v) is 9.11. The molecule has 4 heteroatoms. The fraction of sp³-hybridized carbons (Fsp3) is 0.417. The van der Waals surface area contributed by atoms with Gasteiger partial charge in [0, 0.05) is 18.8 Å². The van der Waals surface area contributed by atoms with E-state index in [0.29, 0.717) is 13.0 Å². The van der Waals surface area contributed by atoms with Crippen LogP contribution in [0.1, 0.15) is 6.42 Å². The summed E-state index contributed by atoms with van der Waals surface area (Å²) in [6, 6.07) is 9.46. The summed E-state index contributed by atoms with van der Waals surface area (Å²) in [5.41, 5.74) is 0.830. The average Bonchev–Trinajstić information content (AvgIpc) is 2.31. The molecule has 1 fully saturated rings. The Hall–Kier alpha value is -1.39. The Morgan fingerprint density at radius 3 is 2.94 bits per heavy atom. The molecule has 0 saturated carbocycles. The molecule has 1 aromatic carbocycles. The Bertz CT molecular complexity index is 334. The van der Waals surface area contributed by atoms with Gasteiger partial charge in [-0.1, -0.05) is 18.2 Å². The van der Waals surface area contributed by atoms with Crippen molar-refractivity contribution in [3.8, 4) is 0 Å². The molecule has 0 spiro atoms. The molecule has 16 heavy (non-hydrogen) atoms. The molecule has 0 bridgehead atoms. The first kappa shape index (κ1) is 11.1. The van der Waals surface area contributed by atoms with Crippen molar-refractivity contribution in [2.75, 3.05) is 25.0 Å². The Morgan fingerprint density at radius 1 is 1.44 bits per heavy atom. The van der Waals surface area contributed by atoms with E-state index in [-0.39, 0.29) is 12.0 Å². The molecule has 1 amide bonds. The highest BCUT2D eigenvalue weighted by atomic mass is 16.5. The quantitative estimate of drug-likeness (QED) is 0.799. The van der Waals surface area contributed by atoms with Crippen LogP contribution in [-0.2, 0) is 9.53 Å². The molecule has 2 rings (SSSR count). The lowest BCUT2D eigenvalue weighted by Crippen LogP contribution is -2.40. The molecule has 1 heterocycles. The van der Waals surface area contributed by atoms with Crippen LogP contribution in [0, 0.1) is 0 Å². The van der Waals surface area contributed by atoms with Crippen molar-refractivity contribution >= 4 is 11.6 Å². The first-order valence-corrected chi connectivity index (χ1v) is 5.52. The summed E-state index contributed by atoms with van der Waals surface area (Å²) in [5.74, 6) is -0.0000926. The number of benzene rings is 1. The summed E-state index contributed by atoms with van der Waals surface area (Å²) in [7, 11) is 0. The predicted octanol–water partition coefficient (Wildman–Crippen LogP) is 1.00. The number of nitrogens with one attached hydrogen (secondary N) is 2. The molecule has 0 radical (unpaired) electrons. The number of carbonyl (C=O) groups excluding carboxylic acids is 1. The summed E-state index contributed by atoms with van der Waals surface area (Å²) in [4.78, 5) is 11.7. The van der Waals surface area contributed by atoms with E-state index in [1.165, 1.54) is 0 Å². The summed E-state index contributed by atoms with van der Waals surface area (Å²) in [6.07, 6.45) is 0.402. The van der Waals surface area contributed by atoms with Gasteiger partial charge in [0.1, 0.15) is 0 Å². The maximum absolute atomic E-state index is 11.7. The van der Waals surface area contributed by atoms with E-state index in [9.17, 15) is 4.79 Å². The summed E-state index contributed by atoms with van der Waals surface area (Å²) in [5, 5.41) is 6.04. The van der Waals surface area contributed by atoms with Gasteiger partial charge in [0.25, 0.3) is 0 Å². The van der Waals surface area contributed by atoms with Gasteiger partial charge in [0.2, 0.25) is 5.91 Å². The molecule has 1 aromatic rings. The van der Waals surface area contributed by atoms with Crippen LogP contribution in [-0.4, -0.2) is 31.7 Å². The minimum atomic E-state index is -0.00235. The van der Waals surface area contributed by atoms with Crippen molar-refractivity contribution in [1.82, 2.24) is 5.32 Å². The number of carbonyl (C=O) groups is 1. The van der Waals surface area contributed by atoms with Gasteiger partial charge < -0.3 is 15.4 Å². The highest BCUT2D eigenvalue weighted by Gasteiger charge is 2.17.